The highest BCUT2D eigenvalue weighted by Crippen LogP contribution is 2.38. The van der Waals surface area contributed by atoms with Crippen LogP contribution in [0.5, 0.6) is 5.75 Å². The summed E-state index contributed by atoms with van der Waals surface area (Å²) < 4.78 is 5.74. The zero-order valence-electron chi connectivity index (χ0n) is 20.7. The average Bonchev–Trinajstić information content (AvgIpc) is 2.90. The monoisotopic (exact) mass is 520 g/mol. The molecule has 11 heteroatoms. The number of phenols is 1. The minimum Gasteiger partial charge on any atom is -0.508 e. The lowest BCUT2D eigenvalue weighted by Gasteiger charge is -2.37. The number of phenolic OH excluding ortho intramolecular Hbond substituents is 1. The molecule has 11 nitrogen and oxygen atoms in total. The van der Waals surface area contributed by atoms with Crippen molar-refractivity contribution in [1.29, 1.82) is 0 Å². The summed E-state index contributed by atoms with van der Waals surface area (Å²) in [5, 5.41) is 73.1. The number of aryl methyl sites for hydroxylation is 1. The quantitative estimate of drug-likeness (QED) is 0.196. The summed E-state index contributed by atoms with van der Waals surface area (Å²) in [6, 6.07) is 10.3. The van der Waals surface area contributed by atoms with Crippen LogP contribution in [0.1, 0.15) is 40.3 Å². The first-order valence-corrected chi connectivity index (χ1v) is 12.1. The molecule has 37 heavy (non-hydrogen) atoms. The Labute approximate surface area is 215 Å². The van der Waals surface area contributed by atoms with Gasteiger partial charge < -0.3 is 51.1 Å². The Hall–Kier alpha value is -2.77. The number of hydrogen-bond donors (Lipinski definition) is 9. The number of aliphatic hydroxyl groups excluding tert-OH is 6. The molecule has 204 valence electrons. The van der Waals surface area contributed by atoms with Gasteiger partial charge in [-0.15, -0.1) is 0 Å². The third-order valence-electron chi connectivity index (χ3n) is 6.74. The van der Waals surface area contributed by atoms with Crippen LogP contribution in [0.2, 0.25) is 0 Å². The number of amides is 2. The van der Waals surface area contributed by atoms with Crippen molar-refractivity contribution in [2.45, 2.75) is 56.3 Å². The van der Waals surface area contributed by atoms with Crippen LogP contribution in [0.4, 0.5) is 4.79 Å². The van der Waals surface area contributed by atoms with Crippen molar-refractivity contribution < 1.29 is 45.3 Å². The largest absolute Gasteiger partial charge is 0.508 e. The van der Waals surface area contributed by atoms with Gasteiger partial charge in [0.1, 0.15) is 23.5 Å². The Morgan fingerprint density at radius 2 is 1.65 bits per heavy atom. The van der Waals surface area contributed by atoms with Crippen LogP contribution in [-0.4, -0.2) is 92.1 Å². The number of carbonyl (C=O) groups excluding carboxylic acids is 1. The predicted octanol–water partition coefficient (Wildman–Crippen LogP) is -0.650. The molecule has 9 N–H and O–H groups in total. The zero-order chi connectivity index (χ0) is 27.2. The average molecular weight is 521 g/mol. The summed E-state index contributed by atoms with van der Waals surface area (Å²) in [5.74, 6) is 0.0128. The fourth-order valence-corrected chi connectivity index (χ4v) is 4.24. The first-order chi connectivity index (χ1) is 17.6. The Morgan fingerprint density at radius 1 is 1.03 bits per heavy atom. The SMILES string of the molecule is Cc1cc(O)c([C@H]2C[C@@H](O)[C@H](O)[C@@H](CO)O2)cc1Cc1ccc(CNC(=O)NC(CO)(CO)CO)cc1. The Morgan fingerprint density at radius 3 is 2.24 bits per heavy atom. The lowest BCUT2D eigenvalue weighted by molar-refractivity contribution is -0.181. The highest BCUT2D eigenvalue weighted by molar-refractivity contribution is 5.74. The molecule has 2 aromatic rings. The van der Waals surface area contributed by atoms with Crippen LogP contribution in [-0.2, 0) is 17.7 Å². The van der Waals surface area contributed by atoms with Crippen molar-refractivity contribution in [1.82, 2.24) is 10.6 Å². The van der Waals surface area contributed by atoms with E-state index in [0.29, 0.717) is 12.0 Å². The number of carbonyl (C=O) groups is 1. The molecule has 0 bridgehead atoms. The van der Waals surface area contributed by atoms with E-state index in [4.69, 9.17) is 4.74 Å². The molecular weight excluding hydrogens is 484 g/mol. The minimum atomic E-state index is -1.51. The summed E-state index contributed by atoms with van der Waals surface area (Å²) >= 11 is 0. The molecule has 1 aliphatic heterocycles. The maximum absolute atomic E-state index is 12.1. The van der Waals surface area contributed by atoms with Gasteiger partial charge in [0.2, 0.25) is 0 Å². The molecule has 0 aromatic heterocycles. The molecule has 2 aromatic carbocycles. The standard InChI is InChI=1S/C26H36N2O9/c1-15-6-20(33)19(22-9-21(34)24(35)23(11-29)37-22)8-18(15)7-16-2-4-17(5-3-16)10-27-25(36)28-26(12-30,13-31)14-32/h2-6,8,21-24,29-35H,7,9-14H2,1H3,(H2,27,28,36)/t21-,22-,23-,24+/m1/s1. The molecule has 3 rings (SSSR count). The molecule has 1 heterocycles. The lowest BCUT2D eigenvalue weighted by atomic mass is 9.90. The van der Waals surface area contributed by atoms with Gasteiger partial charge in [0.05, 0.1) is 38.6 Å². The van der Waals surface area contributed by atoms with Gasteiger partial charge >= 0.3 is 6.03 Å². The minimum absolute atomic E-state index is 0.0128. The predicted molar refractivity (Wildman–Crippen MR) is 133 cm³/mol. The van der Waals surface area contributed by atoms with Crippen LogP contribution >= 0.6 is 0 Å². The van der Waals surface area contributed by atoms with Gasteiger partial charge in [0.15, 0.2) is 0 Å². The van der Waals surface area contributed by atoms with Gasteiger partial charge in [-0.05, 0) is 47.7 Å². The number of ether oxygens (including phenoxy) is 1. The first-order valence-electron chi connectivity index (χ1n) is 12.1. The van der Waals surface area contributed by atoms with E-state index >= 15 is 0 Å². The maximum atomic E-state index is 12.1. The van der Waals surface area contributed by atoms with E-state index in [2.05, 4.69) is 10.6 Å². The molecule has 0 spiro atoms. The number of benzene rings is 2. The molecular formula is C26H36N2O9. The number of aromatic hydroxyl groups is 1. The summed E-state index contributed by atoms with van der Waals surface area (Å²) in [5.41, 5.74) is 2.54. The van der Waals surface area contributed by atoms with Gasteiger partial charge in [0, 0.05) is 18.5 Å². The van der Waals surface area contributed by atoms with E-state index < -0.39 is 62.4 Å². The number of urea groups is 1. The normalized spacial score (nSPS) is 22.0. The number of aliphatic hydroxyl groups is 6. The van der Waals surface area contributed by atoms with E-state index in [9.17, 15) is 40.5 Å². The first kappa shape index (κ1) is 28.8. The Kier molecular flexibility index (Phi) is 9.85. The number of hydrogen-bond acceptors (Lipinski definition) is 9. The van der Waals surface area contributed by atoms with Crippen LogP contribution in [0.25, 0.3) is 0 Å². The molecule has 0 aliphatic carbocycles. The molecule has 1 aliphatic rings. The lowest BCUT2D eigenvalue weighted by Crippen LogP contribution is -2.59. The molecule has 2 amide bonds. The van der Waals surface area contributed by atoms with Gasteiger partial charge in [0.25, 0.3) is 0 Å². The second-order valence-electron chi connectivity index (χ2n) is 9.53. The van der Waals surface area contributed by atoms with E-state index in [-0.39, 0.29) is 18.7 Å². The van der Waals surface area contributed by atoms with Crippen molar-refractivity contribution in [3.8, 4) is 5.75 Å². The molecule has 1 saturated heterocycles. The van der Waals surface area contributed by atoms with Crippen LogP contribution in [0, 0.1) is 6.92 Å². The summed E-state index contributed by atoms with van der Waals surface area (Å²) in [7, 11) is 0. The van der Waals surface area contributed by atoms with Crippen molar-refractivity contribution in [3.63, 3.8) is 0 Å². The maximum Gasteiger partial charge on any atom is 0.315 e. The van der Waals surface area contributed by atoms with Crippen LogP contribution < -0.4 is 10.6 Å². The van der Waals surface area contributed by atoms with Gasteiger partial charge in [-0.3, -0.25) is 0 Å². The van der Waals surface area contributed by atoms with Crippen molar-refractivity contribution in [2.75, 3.05) is 26.4 Å². The van der Waals surface area contributed by atoms with Crippen molar-refractivity contribution in [3.05, 3.63) is 64.2 Å². The zero-order valence-corrected chi connectivity index (χ0v) is 20.7. The molecule has 0 saturated carbocycles. The van der Waals surface area contributed by atoms with Crippen molar-refractivity contribution in [2.24, 2.45) is 0 Å². The second kappa shape index (κ2) is 12.7. The van der Waals surface area contributed by atoms with Gasteiger partial charge in [-0.2, -0.15) is 0 Å². The summed E-state index contributed by atoms with van der Waals surface area (Å²) in [6.07, 6.45) is -3.30. The summed E-state index contributed by atoms with van der Waals surface area (Å²) in [6.45, 7) is -0.236. The van der Waals surface area contributed by atoms with Crippen LogP contribution in [0.15, 0.2) is 36.4 Å². The summed E-state index contributed by atoms with van der Waals surface area (Å²) in [4.78, 5) is 12.1. The Balaban J connectivity index is 1.66. The van der Waals surface area contributed by atoms with E-state index in [0.717, 1.165) is 22.3 Å². The molecule has 1 fully saturated rings. The molecule has 0 unspecified atom stereocenters. The fraction of sp³-hybridized carbons (Fsp3) is 0.500. The fourth-order valence-electron chi connectivity index (χ4n) is 4.24. The third kappa shape index (κ3) is 6.96. The van der Waals surface area contributed by atoms with Gasteiger partial charge in [-0.1, -0.05) is 24.3 Å². The van der Waals surface area contributed by atoms with Crippen LogP contribution in [0.3, 0.4) is 0 Å². The smallest absolute Gasteiger partial charge is 0.315 e. The molecule has 0 radical (unpaired) electrons. The highest BCUT2D eigenvalue weighted by Gasteiger charge is 2.38. The molecule has 4 atom stereocenters. The van der Waals surface area contributed by atoms with Crippen molar-refractivity contribution >= 4 is 6.03 Å². The second-order valence-corrected chi connectivity index (χ2v) is 9.53. The Bertz CT molecular complexity index is 1030. The highest BCUT2D eigenvalue weighted by atomic mass is 16.5. The number of nitrogens with one attached hydrogen (secondary N) is 2. The number of rotatable bonds is 10. The third-order valence-corrected chi connectivity index (χ3v) is 6.74. The van der Waals surface area contributed by atoms with E-state index in [1.807, 2.05) is 37.3 Å². The van der Waals surface area contributed by atoms with E-state index in [1.54, 1.807) is 6.07 Å². The topological polar surface area (TPSA) is 192 Å². The van der Waals surface area contributed by atoms with E-state index in [1.165, 1.54) is 0 Å². The van der Waals surface area contributed by atoms with Gasteiger partial charge in [-0.25, -0.2) is 4.79 Å².